The topological polar surface area (TPSA) is 59.0 Å². The van der Waals surface area contributed by atoms with Gasteiger partial charge in [-0.3, -0.25) is 4.79 Å². The lowest BCUT2D eigenvalue weighted by molar-refractivity contribution is -0.137. The molecule has 0 saturated carbocycles. The Morgan fingerprint density at radius 2 is 1.94 bits per heavy atom. The molecule has 0 aliphatic carbocycles. The summed E-state index contributed by atoms with van der Waals surface area (Å²) >= 11 is 0. The Morgan fingerprint density at radius 3 is 2.61 bits per heavy atom. The van der Waals surface area contributed by atoms with E-state index in [1.807, 2.05) is 31.2 Å². The first-order valence-electron chi connectivity index (χ1n) is 10.3. The van der Waals surface area contributed by atoms with E-state index in [0.717, 1.165) is 27.9 Å². The van der Waals surface area contributed by atoms with Crippen molar-refractivity contribution in [2.45, 2.75) is 44.6 Å². The molecule has 0 radical (unpaired) electrons. The van der Waals surface area contributed by atoms with Crippen LogP contribution in [-0.2, 0) is 12.7 Å². The third-order valence-corrected chi connectivity index (χ3v) is 5.62. The summed E-state index contributed by atoms with van der Waals surface area (Å²) in [5.74, 6) is -0.475. The number of aryl methyl sites for hydroxylation is 1. The average Bonchev–Trinajstić information content (AvgIpc) is 3.21. The number of aromatic nitrogens is 2. The number of benzene rings is 2. The molecule has 10 heteroatoms. The van der Waals surface area contributed by atoms with Crippen LogP contribution in [0.3, 0.4) is 0 Å². The predicted octanol–water partition coefficient (Wildman–Crippen LogP) is 5.50. The second-order valence-electron chi connectivity index (χ2n) is 7.98. The van der Waals surface area contributed by atoms with Crippen LogP contribution < -0.4 is 10.6 Å². The normalized spacial score (nSPS) is 18.0. The standard InChI is InChI=1S/C23H21F5N4O/c1-13-5-7-15(8-6-13)18-10-19(20(24)25)32-21(31-18)17(12-30-32)22(33)29-11-14-3-2-4-16(9-14)23(26,27)28/h2-9,12,18-20,31H,10-11H2,1H3,(H,29,33). The fourth-order valence-corrected chi connectivity index (χ4v) is 3.85. The summed E-state index contributed by atoms with van der Waals surface area (Å²) in [7, 11) is 0. The van der Waals surface area contributed by atoms with Gasteiger partial charge in [0.05, 0.1) is 17.8 Å². The SMILES string of the molecule is Cc1ccc(C2CC(C(F)F)n3ncc(C(=O)NCc4cccc(C(F)(F)F)c4)c3N2)cc1. The molecule has 2 N–H and O–H groups in total. The Labute approximate surface area is 186 Å². The van der Waals surface area contributed by atoms with Crippen LogP contribution >= 0.6 is 0 Å². The van der Waals surface area contributed by atoms with Crippen LogP contribution in [0.5, 0.6) is 0 Å². The second-order valence-corrected chi connectivity index (χ2v) is 7.98. The Bertz CT molecular complexity index is 1140. The van der Waals surface area contributed by atoms with Crippen molar-refractivity contribution in [1.29, 1.82) is 0 Å². The summed E-state index contributed by atoms with van der Waals surface area (Å²) in [5, 5.41) is 9.67. The van der Waals surface area contributed by atoms with Crippen molar-refractivity contribution in [1.82, 2.24) is 15.1 Å². The van der Waals surface area contributed by atoms with Crippen molar-refractivity contribution in [2.75, 3.05) is 5.32 Å². The van der Waals surface area contributed by atoms with Crippen molar-refractivity contribution < 1.29 is 26.7 Å². The van der Waals surface area contributed by atoms with Crippen LogP contribution in [-0.4, -0.2) is 22.1 Å². The van der Waals surface area contributed by atoms with Crippen LogP contribution in [0.15, 0.2) is 54.7 Å². The summed E-state index contributed by atoms with van der Waals surface area (Å²) in [6.07, 6.45) is -5.92. The molecule has 0 spiro atoms. The van der Waals surface area contributed by atoms with E-state index in [-0.39, 0.29) is 29.9 Å². The zero-order valence-corrected chi connectivity index (χ0v) is 17.5. The minimum Gasteiger partial charge on any atom is -0.363 e. The molecule has 0 fully saturated rings. The zero-order valence-electron chi connectivity index (χ0n) is 17.5. The Balaban J connectivity index is 1.55. The maximum Gasteiger partial charge on any atom is 0.416 e. The van der Waals surface area contributed by atoms with E-state index < -0.39 is 36.2 Å². The first-order chi connectivity index (χ1) is 15.6. The van der Waals surface area contributed by atoms with E-state index in [9.17, 15) is 26.7 Å². The van der Waals surface area contributed by atoms with Gasteiger partial charge in [-0.2, -0.15) is 18.3 Å². The van der Waals surface area contributed by atoms with Gasteiger partial charge in [0.25, 0.3) is 12.3 Å². The molecule has 0 saturated heterocycles. The number of rotatable bonds is 5. The van der Waals surface area contributed by atoms with Crippen molar-refractivity contribution in [2.24, 2.45) is 0 Å². The number of nitrogens with one attached hydrogen (secondary N) is 2. The van der Waals surface area contributed by atoms with E-state index in [1.54, 1.807) is 0 Å². The smallest absolute Gasteiger partial charge is 0.363 e. The summed E-state index contributed by atoms with van der Waals surface area (Å²) in [6, 6.07) is 10.4. The number of amides is 1. The third-order valence-electron chi connectivity index (χ3n) is 5.62. The molecule has 1 aliphatic heterocycles. The molecule has 2 atom stereocenters. The van der Waals surface area contributed by atoms with Crippen molar-refractivity contribution in [3.8, 4) is 0 Å². The van der Waals surface area contributed by atoms with Crippen molar-refractivity contribution >= 4 is 11.7 Å². The fraction of sp³-hybridized carbons (Fsp3) is 0.304. The molecule has 2 unspecified atom stereocenters. The summed E-state index contributed by atoms with van der Waals surface area (Å²) < 4.78 is 67.4. The van der Waals surface area contributed by atoms with Crippen molar-refractivity contribution in [3.05, 3.63) is 82.5 Å². The lowest BCUT2D eigenvalue weighted by Crippen LogP contribution is -2.32. The lowest BCUT2D eigenvalue weighted by atomic mass is 9.96. The van der Waals surface area contributed by atoms with Crippen LogP contribution in [0, 0.1) is 6.92 Å². The monoisotopic (exact) mass is 464 g/mol. The van der Waals surface area contributed by atoms with Crippen LogP contribution in [0.1, 0.15) is 51.1 Å². The Kier molecular flexibility index (Phi) is 6.09. The molecular weight excluding hydrogens is 443 g/mol. The van der Waals surface area contributed by atoms with Crippen molar-refractivity contribution in [3.63, 3.8) is 0 Å². The largest absolute Gasteiger partial charge is 0.416 e. The molecule has 1 aliphatic rings. The molecule has 2 heterocycles. The summed E-state index contributed by atoms with van der Waals surface area (Å²) in [6.45, 7) is 1.76. The number of anilines is 1. The first kappa shape index (κ1) is 22.8. The van der Waals surface area contributed by atoms with Gasteiger partial charge in [0.2, 0.25) is 0 Å². The quantitative estimate of drug-likeness (QED) is 0.490. The molecule has 2 aromatic carbocycles. The van der Waals surface area contributed by atoms with E-state index in [0.29, 0.717) is 0 Å². The van der Waals surface area contributed by atoms with Gasteiger partial charge in [-0.05, 0) is 36.6 Å². The van der Waals surface area contributed by atoms with E-state index in [4.69, 9.17) is 0 Å². The number of carbonyl (C=O) groups is 1. The molecule has 3 aromatic rings. The highest BCUT2D eigenvalue weighted by Gasteiger charge is 2.36. The van der Waals surface area contributed by atoms with Gasteiger partial charge < -0.3 is 10.6 Å². The highest BCUT2D eigenvalue weighted by molar-refractivity contribution is 5.98. The molecule has 5 nitrogen and oxygen atoms in total. The van der Waals surface area contributed by atoms with Crippen LogP contribution in [0.4, 0.5) is 27.8 Å². The predicted molar refractivity (Wildman–Crippen MR) is 112 cm³/mol. The van der Waals surface area contributed by atoms with E-state index >= 15 is 0 Å². The summed E-state index contributed by atoms with van der Waals surface area (Å²) in [4.78, 5) is 12.8. The number of hydrogen-bond donors (Lipinski definition) is 2. The highest BCUT2D eigenvalue weighted by atomic mass is 19.4. The average molecular weight is 464 g/mol. The van der Waals surface area contributed by atoms with Crippen LogP contribution in [0.2, 0.25) is 0 Å². The van der Waals surface area contributed by atoms with Gasteiger partial charge in [-0.1, -0.05) is 42.0 Å². The number of nitrogens with zero attached hydrogens (tertiary/aromatic N) is 2. The van der Waals surface area contributed by atoms with Gasteiger partial charge in [0.15, 0.2) is 0 Å². The number of halogens is 5. The van der Waals surface area contributed by atoms with Gasteiger partial charge in [-0.25, -0.2) is 13.5 Å². The maximum atomic E-state index is 13.8. The molecule has 0 bridgehead atoms. The van der Waals surface area contributed by atoms with Gasteiger partial charge in [0, 0.05) is 6.54 Å². The highest BCUT2D eigenvalue weighted by Crippen LogP contribution is 2.39. The van der Waals surface area contributed by atoms with E-state index in [1.165, 1.54) is 18.3 Å². The third kappa shape index (κ3) is 4.84. The number of alkyl halides is 5. The van der Waals surface area contributed by atoms with Gasteiger partial charge >= 0.3 is 6.18 Å². The molecule has 1 amide bonds. The first-order valence-corrected chi connectivity index (χ1v) is 10.3. The lowest BCUT2D eigenvalue weighted by Gasteiger charge is -2.32. The van der Waals surface area contributed by atoms with Crippen LogP contribution in [0.25, 0.3) is 0 Å². The minimum absolute atomic E-state index is 0.0458. The maximum absolute atomic E-state index is 13.8. The number of hydrogen-bond acceptors (Lipinski definition) is 3. The number of fused-ring (bicyclic) bond motifs is 1. The molecule has 33 heavy (non-hydrogen) atoms. The summed E-state index contributed by atoms with van der Waals surface area (Å²) in [5.41, 5.74) is 1.31. The van der Waals surface area contributed by atoms with Gasteiger partial charge in [-0.15, -0.1) is 0 Å². The minimum atomic E-state index is -4.50. The second kappa shape index (κ2) is 8.84. The Hall–Kier alpha value is -3.43. The molecule has 1 aromatic heterocycles. The van der Waals surface area contributed by atoms with E-state index in [2.05, 4.69) is 15.7 Å². The molecule has 4 rings (SSSR count). The molecule has 174 valence electrons. The zero-order chi connectivity index (χ0) is 23.8. The molecular formula is C23H21F5N4O. The van der Waals surface area contributed by atoms with Gasteiger partial charge in [0.1, 0.15) is 17.4 Å². The fourth-order valence-electron chi connectivity index (χ4n) is 3.85. The number of carbonyl (C=O) groups excluding carboxylic acids is 1. The Morgan fingerprint density at radius 1 is 1.21 bits per heavy atom.